The van der Waals surface area contributed by atoms with E-state index in [1.807, 2.05) is 12.1 Å². The molecule has 2 rings (SSSR count). The van der Waals surface area contributed by atoms with Gasteiger partial charge in [-0.25, -0.2) is 4.99 Å². The minimum Gasteiger partial charge on any atom is -0.369 e. The van der Waals surface area contributed by atoms with Gasteiger partial charge in [-0.1, -0.05) is 19.1 Å². The smallest absolute Gasteiger partial charge is 0.226 e. The molecule has 110 valence electrons. The first kappa shape index (κ1) is 14.9. The number of ketones is 1. The number of aliphatic imine (C=N–C) groups is 2. The molecule has 0 unspecified atom stereocenters. The minimum absolute atomic E-state index is 0.0789. The highest BCUT2D eigenvalue weighted by Crippen LogP contribution is 2.17. The zero-order valence-electron chi connectivity index (χ0n) is 11.9. The predicted molar refractivity (Wildman–Crippen MR) is 81.8 cm³/mol. The number of carbonyl (C=O) groups is 2. The number of nitrogens with two attached hydrogens (primary N) is 1. The van der Waals surface area contributed by atoms with E-state index in [0.29, 0.717) is 24.9 Å². The molecule has 1 aliphatic rings. The van der Waals surface area contributed by atoms with E-state index in [4.69, 9.17) is 5.73 Å². The van der Waals surface area contributed by atoms with Crippen LogP contribution in [0.2, 0.25) is 0 Å². The van der Waals surface area contributed by atoms with Crippen molar-refractivity contribution in [3.05, 3.63) is 29.8 Å². The fourth-order valence-corrected chi connectivity index (χ4v) is 1.96. The van der Waals surface area contributed by atoms with E-state index in [-0.39, 0.29) is 24.2 Å². The molecule has 0 fully saturated rings. The number of guanidine groups is 1. The van der Waals surface area contributed by atoms with Crippen LogP contribution in [0.25, 0.3) is 0 Å². The molecule has 0 bridgehead atoms. The van der Waals surface area contributed by atoms with Crippen LogP contribution in [-0.4, -0.2) is 29.9 Å². The quantitative estimate of drug-likeness (QED) is 0.647. The van der Waals surface area contributed by atoms with Gasteiger partial charge in [0.15, 0.2) is 5.78 Å². The third kappa shape index (κ3) is 4.24. The molecule has 1 amide bonds. The number of amides is 1. The lowest BCUT2D eigenvalue weighted by Gasteiger charge is -2.11. The van der Waals surface area contributed by atoms with E-state index in [1.165, 1.54) is 0 Å². The molecule has 6 nitrogen and oxygen atoms in total. The molecule has 6 heteroatoms. The van der Waals surface area contributed by atoms with Crippen molar-refractivity contribution < 1.29 is 9.59 Å². The van der Waals surface area contributed by atoms with Crippen LogP contribution in [0.15, 0.2) is 34.3 Å². The van der Waals surface area contributed by atoms with E-state index in [1.54, 1.807) is 19.1 Å². The molecule has 0 aromatic heterocycles. The summed E-state index contributed by atoms with van der Waals surface area (Å²) < 4.78 is 0. The summed E-state index contributed by atoms with van der Waals surface area (Å²) in [5.41, 5.74) is 8.21. The lowest BCUT2D eigenvalue weighted by molar-refractivity contribution is -0.119. The van der Waals surface area contributed by atoms with Gasteiger partial charge in [0.2, 0.25) is 11.9 Å². The van der Waals surface area contributed by atoms with Crippen molar-refractivity contribution in [2.24, 2.45) is 15.7 Å². The second-order valence-electron chi connectivity index (χ2n) is 4.75. The summed E-state index contributed by atoms with van der Waals surface area (Å²) in [6.45, 7) is 2.01. The Morgan fingerprint density at radius 3 is 2.62 bits per heavy atom. The summed E-state index contributed by atoms with van der Waals surface area (Å²) in [5.74, 6) is 0.0868. The third-order valence-electron chi connectivity index (χ3n) is 3.13. The van der Waals surface area contributed by atoms with Gasteiger partial charge in [0.25, 0.3) is 0 Å². The number of benzene rings is 1. The van der Waals surface area contributed by atoms with E-state index in [2.05, 4.69) is 15.3 Å². The number of hydrogen-bond acceptors (Lipinski definition) is 4. The fraction of sp³-hybridized carbons (Fsp3) is 0.333. The highest BCUT2D eigenvalue weighted by molar-refractivity contribution is 6.05. The Morgan fingerprint density at radius 2 is 2.05 bits per heavy atom. The van der Waals surface area contributed by atoms with Crippen LogP contribution in [0, 0.1) is 0 Å². The lowest BCUT2D eigenvalue weighted by atomic mass is 10.0. The Labute approximate surface area is 123 Å². The largest absolute Gasteiger partial charge is 0.369 e. The molecule has 0 spiro atoms. The van der Waals surface area contributed by atoms with Crippen molar-refractivity contribution in [2.75, 3.05) is 6.54 Å². The van der Waals surface area contributed by atoms with Gasteiger partial charge in [0.1, 0.15) is 0 Å². The summed E-state index contributed by atoms with van der Waals surface area (Å²) in [7, 11) is 0. The molecule has 0 aliphatic carbocycles. The molecule has 0 radical (unpaired) electrons. The maximum absolute atomic E-state index is 11.2. The number of Topliss-reactive ketones (excluding diaryl/α,β-unsaturated/α-hetero) is 1. The normalized spacial score (nSPS) is 15.6. The van der Waals surface area contributed by atoms with Crippen LogP contribution < -0.4 is 11.1 Å². The van der Waals surface area contributed by atoms with Crippen LogP contribution in [0.4, 0.5) is 5.69 Å². The summed E-state index contributed by atoms with van der Waals surface area (Å²) in [5, 5.41) is 2.49. The number of rotatable bonds is 3. The molecule has 1 aromatic rings. The molecular formula is C15H18N4O2. The Kier molecular flexibility index (Phi) is 4.81. The first-order chi connectivity index (χ1) is 10.1. The van der Waals surface area contributed by atoms with Gasteiger partial charge in [-0.3, -0.25) is 19.9 Å². The summed E-state index contributed by atoms with van der Waals surface area (Å²) in [6.07, 6.45) is 1.58. The molecule has 3 N–H and O–H groups in total. The summed E-state index contributed by atoms with van der Waals surface area (Å²) >= 11 is 0. The van der Waals surface area contributed by atoms with Gasteiger partial charge in [0.05, 0.1) is 12.2 Å². The molecular weight excluding hydrogens is 268 g/mol. The van der Waals surface area contributed by atoms with E-state index < -0.39 is 0 Å². The Bertz CT molecular complexity index is 603. The van der Waals surface area contributed by atoms with Crippen LogP contribution in [-0.2, 0) is 9.59 Å². The maximum atomic E-state index is 11.2. The van der Waals surface area contributed by atoms with Gasteiger partial charge in [-0.05, 0) is 24.1 Å². The van der Waals surface area contributed by atoms with Crippen molar-refractivity contribution in [3.63, 3.8) is 0 Å². The Hall–Kier alpha value is -2.50. The number of nitrogens with one attached hydrogen (secondary N) is 1. The summed E-state index contributed by atoms with van der Waals surface area (Å²) in [6, 6.07) is 7.39. The molecule has 0 atom stereocenters. The second-order valence-corrected chi connectivity index (χ2v) is 4.75. The Balaban J connectivity index is 2.07. The molecule has 1 heterocycles. The Morgan fingerprint density at radius 1 is 1.33 bits per heavy atom. The zero-order chi connectivity index (χ0) is 15.2. The molecule has 0 saturated heterocycles. The van der Waals surface area contributed by atoms with Crippen LogP contribution in [0.5, 0.6) is 0 Å². The fourth-order valence-electron chi connectivity index (χ4n) is 1.96. The van der Waals surface area contributed by atoms with Crippen molar-refractivity contribution in [1.29, 1.82) is 0 Å². The molecule has 0 saturated carbocycles. The third-order valence-corrected chi connectivity index (χ3v) is 3.13. The van der Waals surface area contributed by atoms with E-state index in [9.17, 15) is 9.59 Å². The van der Waals surface area contributed by atoms with Gasteiger partial charge < -0.3 is 5.73 Å². The number of nitrogens with zero attached hydrogens (tertiary/aromatic N) is 2. The standard InChI is InChI=1S/C15H18N4O2/c1-2-14(21)19-15(16)18-11-5-3-10(4-6-11)13-8-7-12(20)9-17-13/h3-6H,2,7-9H2,1H3,(H3,16,18,19,21). The van der Waals surface area contributed by atoms with Crippen molar-refractivity contribution in [3.8, 4) is 0 Å². The first-order valence-corrected chi connectivity index (χ1v) is 6.88. The zero-order valence-corrected chi connectivity index (χ0v) is 11.9. The van der Waals surface area contributed by atoms with Crippen LogP contribution in [0.3, 0.4) is 0 Å². The molecule has 21 heavy (non-hydrogen) atoms. The first-order valence-electron chi connectivity index (χ1n) is 6.88. The van der Waals surface area contributed by atoms with Crippen molar-refractivity contribution in [2.45, 2.75) is 26.2 Å². The molecule has 1 aromatic carbocycles. The van der Waals surface area contributed by atoms with Gasteiger partial charge in [-0.2, -0.15) is 0 Å². The van der Waals surface area contributed by atoms with Crippen LogP contribution >= 0.6 is 0 Å². The summed E-state index contributed by atoms with van der Waals surface area (Å²) in [4.78, 5) is 30.7. The van der Waals surface area contributed by atoms with Crippen molar-refractivity contribution >= 4 is 29.0 Å². The predicted octanol–water partition coefficient (Wildman–Crippen LogP) is 1.31. The number of hydrogen-bond donors (Lipinski definition) is 2. The van der Waals surface area contributed by atoms with Gasteiger partial charge >= 0.3 is 0 Å². The second kappa shape index (κ2) is 6.78. The van der Waals surface area contributed by atoms with Crippen molar-refractivity contribution in [1.82, 2.24) is 5.32 Å². The van der Waals surface area contributed by atoms with Gasteiger partial charge in [0, 0.05) is 18.6 Å². The average molecular weight is 286 g/mol. The SMILES string of the molecule is CCC(=O)NC(N)=Nc1ccc(C2=NCC(=O)CC2)cc1. The average Bonchev–Trinajstić information content (AvgIpc) is 2.48. The topological polar surface area (TPSA) is 96.9 Å². The van der Waals surface area contributed by atoms with Crippen LogP contribution in [0.1, 0.15) is 31.7 Å². The monoisotopic (exact) mass is 286 g/mol. The highest BCUT2D eigenvalue weighted by atomic mass is 16.1. The van der Waals surface area contributed by atoms with E-state index in [0.717, 1.165) is 11.3 Å². The molecule has 1 aliphatic heterocycles. The highest BCUT2D eigenvalue weighted by Gasteiger charge is 2.13. The maximum Gasteiger partial charge on any atom is 0.226 e. The lowest BCUT2D eigenvalue weighted by Crippen LogP contribution is -2.35. The number of carbonyl (C=O) groups excluding carboxylic acids is 2. The van der Waals surface area contributed by atoms with Gasteiger partial charge in [-0.15, -0.1) is 0 Å². The van der Waals surface area contributed by atoms with E-state index >= 15 is 0 Å². The minimum atomic E-state index is -0.172.